The van der Waals surface area contributed by atoms with Crippen molar-refractivity contribution in [1.82, 2.24) is 15.0 Å². The molecule has 0 bridgehead atoms. The summed E-state index contributed by atoms with van der Waals surface area (Å²) in [5.41, 5.74) is 3.90. The van der Waals surface area contributed by atoms with Gasteiger partial charge >= 0.3 is 6.61 Å². The lowest BCUT2D eigenvalue weighted by Gasteiger charge is -2.07. The fraction of sp³-hybridized carbons (Fsp3) is 0.211. The van der Waals surface area contributed by atoms with Gasteiger partial charge in [-0.15, -0.1) is 11.3 Å². The van der Waals surface area contributed by atoms with Crippen LogP contribution in [0.25, 0.3) is 31.8 Å². The SMILES string of the molecule is Cc1cc(-c2nc3cc(F)c4c(c3s2)CCO4)c2ncc(OC(F)F)nc2c1. The Bertz CT molecular complexity index is 1240. The number of ether oxygens (including phenoxy) is 2. The highest BCUT2D eigenvalue weighted by atomic mass is 32.1. The Balaban J connectivity index is 1.70. The van der Waals surface area contributed by atoms with Crippen molar-refractivity contribution in [2.75, 3.05) is 6.61 Å². The van der Waals surface area contributed by atoms with Gasteiger partial charge in [-0.25, -0.2) is 19.3 Å². The molecule has 5 nitrogen and oxygen atoms in total. The zero-order chi connectivity index (χ0) is 19.4. The molecule has 3 heterocycles. The van der Waals surface area contributed by atoms with Gasteiger partial charge in [0, 0.05) is 23.6 Å². The van der Waals surface area contributed by atoms with Crippen molar-refractivity contribution in [3.8, 4) is 22.2 Å². The molecule has 0 unspecified atom stereocenters. The molecule has 0 fully saturated rings. The summed E-state index contributed by atoms with van der Waals surface area (Å²) in [4.78, 5) is 13.0. The predicted molar refractivity (Wildman–Crippen MR) is 98.7 cm³/mol. The van der Waals surface area contributed by atoms with Gasteiger partial charge in [-0.05, 0) is 24.6 Å². The zero-order valence-corrected chi connectivity index (χ0v) is 15.3. The van der Waals surface area contributed by atoms with E-state index < -0.39 is 12.4 Å². The first kappa shape index (κ1) is 17.2. The molecule has 4 aromatic rings. The highest BCUT2D eigenvalue weighted by Gasteiger charge is 2.24. The summed E-state index contributed by atoms with van der Waals surface area (Å²) >= 11 is 1.43. The highest BCUT2D eigenvalue weighted by Crippen LogP contribution is 2.41. The molecule has 0 amide bonds. The normalized spacial score (nSPS) is 13.3. The maximum atomic E-state index is 14.2. The molecule has 0 aliphatic carbocycles. The van der Waals surface area contributed by atoms with Crippen LogP contribution in [0.15, 0.2) is 24.4 Å². The quantitative estimate of drug-likeness (QED) is 0.488. The second kappa shape index (κ2) is 6.30. The van der Waals surface area contributed by atoms with E-state index in [-0.39, 0.29) is 5.88 Å². The Hall–Kier alpha value is -2.94. The Morgan fingerprint density at radius 2 is 2.04 bits per heavy atom. The summed E-state index contributed by atoms with van der Waals surface area (Å²) in [6, 6.07) is 5.01. The summed E-state index contributed by atoms with van der Waals surface area (Å²) in [6.45, 7) is -0.659. The van der Waals surface area contributed by atoms with Crippen LogP contribution in [0.2, 0.25) is 0 Å². The molecule has 1 aliphatic heterocycles. The lowest BCUT2D eigenvalue weighted by Crippen LogP contribution is -2.04. The summed E-state index contributed by atoms with van der Waals surface area (Å²) < 4.78 is 49.8. The fourth-order valence-corrected chi connectivity index (χ4v) is 4.52. The number of rotatable bonds is 3. The molecular weight excluding hydrogens is 391 g/mol. The Labute approximate surface area is 160 Å². The summed E-state index contributed by atoms with van der Waals surface area (Å²) in [6.07, 6.45) is 1.79. The van der Waals surface area contributed by atoms with Crippen LogP contribution in [-0.4, -0.2) is 28.2 Å². The van der Waals surface area contributed by atoms with Gasteiger partial charge in [0.25, 0.3) is 0 Å². The standard InChI is InChI=1S/C19H12F3N3O2S/c1-8-4-10(15-12(5-8)24-14(7-23-15)27-19(21)22)18-25-13-6-11(20)16-9(2-3-26-16)17(13)28-18/h4-7,19H,2-3H2,1H3. The highest BCUT2D eigenvalue weighted by molar-refractivity contribution is 7.22. The third kappa shape index (κ3) is 2.73. The van der Waals surface area contributed by atoms with E-state index >= 15 is 0 Å². The van der Waals surface area contributed by atoms with Crippen LogP contribution in [0.4, 0.5) is 13.2 Å². The van der Waals surface area contributed by atoms with E-state index in [0.29, 0.717) is 45.9 Å². The molecule has 0 saturated heterocycles. The summed E-state index contributed by atoms with van der Waals surface area (Å²) in [5, 5.41) is 0.653. The molecule has 0 saturated carbocycles. The Kier molecular flexibility index (Phi) is 3.87. The number of nitrogens with zero attached hydrogens (tertiary/aromatic N) is 3. The van der Waals surface area contributed by atoms with Gasteiger partial charge < -0.3 is 9.47 Å². The van der Waals surface area contributed by atoms with Gasteiger partial charge in [-0.3, -0.25) is 0 Å². The van der Waals surface area contributed by atoms with Crippen molar-refractivity contribution >= 4 is 32.6 Å². The third-order valence-electron chi connectivity index (χ3n) is 4.49. The molecule has 0 spiro atoms. The molecule has 142 valence electrons. The maximum absolute atomic E-state index is 14.2. The van der Waals surface area contributed by atoms with Crippen molar-refractivity contribution in [1.29, 1.82) is 0 Å². The smallest absolute Gasteiger partial charge is 0.388 e. The van der Waals surface area contributed by atoms with Gasteiger partial charge in [-0.1, -0.05) is 0 Å². The molecule has 2 aromatic heterocycles. The van der Waals surface area contributed by atoms with Crippen LogP contribution in [0.1, 0.15) is 11.1 Å². The minimum Gasteiger partial charge on any atom is -0.490 e. The molecule has 0 radical (unpaired) electrons. The van der Waals surface area contributed by atoms with Gasteiger partial charge in [0.1, 0.15) is 5.01 Å². The largest absolute Gasteiger partial charge is 0.490 e. The molecule has 5 rings (SSSR count). The molecule has 2 aromatic carbocycles. The number of benzene rings is 2. The van der Waals surface area contributed by atoms with Crippen LogP contribution < -0.4 is 9.47 Å². The average molecular weight is 403 g/mol. The minimum atomic E-state index is -2.97. The Morgan fingerprint density at radius 3 is 2.86 bits per heavy atom. The number of aryl methyl sites for hydroxylation is 1. The molecule has 0 atom stereocenters. The predicted octanol–water partition coefficient (Wildman–Crippen LogP) is 4.89. The number of halogens is 3. The van der Waals surface area contributed by atoms with Gasteiger partial charge in [0.15, 0.2) is 11.6 Å². The van der Waals surface area contributed by atoms with Crippen molar-refractivity contribution in [2.24, 2.45) is 0 Å². The number of hydrogen-bond acceptors (Lipinski definition) is 6. The van der Waals surface area contributed by atoms with Crippen LogP contribution >= 0.6 is 11.3 Å². The van der Waals surface area contributed by atoms with Crippen LogP contribution in [0, 0.1) is 12.7 Å². The van der Waals surface area contributed by atoms with E-state index in [4.69, 9.17) is 4.74 Å². The first-order valence-corrected chi connectivity index (χ1v) is 9.28. The lowest BCUT2D eigenvalue weighted by atomic mass is 10.1. The number of thiazole rings is 1. The maximum Gasteiger partial charge on any atom is 0.388 e. The number of hydrogen-bond donors (Lipinski definition) is 0. The fourth-order valence-electron chi connectivity index (χ4n) is 3.39. The van der Waals surface area contributed by atoms with E-state index in [1.54, 1.807) is 6.07 Å². The van der Waals surface area contributed by atoms with Crippen molar-refractivity contribution < 1.29 is 22.6 Å². The molecule has 28 heavy (non-hydrogen) atoms. The third-order valence-corrected chi connectivity index (χ3v) is 5.65. The molecule has 9 heteroatoms. The first-order chi connectivity index (χ1) is 13.5. The van der Waals surface area contributed by atoms with Gasteiger partial charge in [0.2, 0.25) is 5.88 Å². The van der Waals surface area contributed by atoms with Crippen LogP contribution in [-0.2, 0) is 6.42 Å². The monoisotopic (exact) mass is 403 g/mol. The number of fused-ring (bicyclic) bond motifs is 4. The first-order valence-electron chi connectivity index (χ1n) is 8.47. The van der Waals surface area contributed by atoms with E-state index in [2.05, 4.69) is 19.7 Å². The van der Waals surface area contributed by atoms with E-state index in [1.807, 2.05) is 13.0 Å². The average Bonchev–Trinajstić information content (AvgIpc) is 3.27. The minimum absolute atomic E-state index is 0.250. The second-order valence-corrected chi connectivity index (χ2v) is 7.40. The second-order valence-electron chi connectivity index (χ2n) is 6.40. The van der Waals surface area contributed by atoms with Crippen molar-refractivity contribution in [3.63, 3.8) is 0 Å². The number of alkyl halides is 2. The zero-order valence-electron chi connectivity index (χ0n) is 14.5. The Morgan fingerprint density at radius 1 is 1.18 bits per heavy atom. The van der Waals surface area contributed by atoms with Crippen LogP contribution in [0.5, 0.6) is 11.6 Å². The number of aromatic nitrogens is 3. The van der Waals surface area contributed by atoms with Gasteiger partial charge in [0.05, 0.1) is 34.1 Å². The van der Waals surface area contributed by atoms with Gasteiger partial charge in [-0.2, -0.15) is 8.78 Å². The summed E-state index contributed by atoms with van der Waals surface area (Å²) in [7, 11) is 0. The van der Waals surface area contributed by atoms with Crippen molar-refractivity contribution in [3.05, 3.63) is 41.3 Å². The van der Waals surface area contributed by atoms with E-state index in [0.717, 1.165) is 22.0 Å². The van der Waals surface area contributed by atoms with Crippen LogP contribution in [0.3, 0.4) is 0 Å². The van der Waals surface area contributed by atoms with E-state index in [9.17, 15) is 13.2 Å². The topological polar surface area (TPSA) is 57.1 Å². The van der Waals surface area contributed by atoms with Crippen molar-refractivity contribution in [2.45, 2.75) is 20.0 Å². The molecular formula is C19H12F3N3O2S. The summed E-state index contributed by atoms with van der Waals surface area (Å²) in [5.74, 6) is -0.370. The molecule has 1 aliphatic rings. The van der Waals surface area contributed by atoms with E-state index in [1.165, 1.54) is 17.4 Å². The molecule has 0 N–H and O–H groups in total. The lowest BCUT2D eigenvalue weighted by molar-refractivity contribution is -0.0528.